The molecule has 0 atom stereocenters. The third-order valence-electron chi connectivity index (χ3n) is 2.50. The highest BCUT2D eigenvalue weighted by Gasteiger charge is 2.23. The van der Waals surface area contributed by atoms with E-state index in [0.717, 1.165) is 17.0 Å². The maximum absolute atomic E-state index is 13.0. The summed E-state index contributed by atoms with van der Waals surface area (Å²) in [6, 6.07) is 3.01. The number of carbonyl (C=O) groups excluding carboxylic acids is 1. The lowest BCUT2D eigenvalue weighted by Gasteiger charge is -2.26. The van der Waals surface area contributed by atoms with Gasteiger partial charge in [0.15, 0.2) is 11.6 Å². The molecule has 0 saturated heterocycles. The first-order chi connectivity index (χ1) is 10.6. The minimum atomic E-state index is -1.20. The van der Waals surface area contributed by atoms with E-state index >= 15 is 0 Å². The first-order valence-corrected chi connectivity index (χ1v) is 6.86. The third-order valence-corrected chi connectivity index (χ3v) is 2.50. The molecule has 0 fully saturated rings. The lowest BCUT2D eigenvalue weighted by Crippen LogP contribution is -2.41. The van der Waals surface area contributed by atoms with Crippen molar-refractivity contribution in [3.63, 3.8) is 0 Å². The van der Waals surface area contributed by atoms with Crippen LogP contribution in [-0.4, -0.2) is 47.4 Å². The number of nitrogens with zero attached hydrogens (tertiary/aromatic N) is 1. The number of carboxylic acids is 1. The minimum Gasteiger partial charge on any atom is -0.492 e. The molecule has 8 heteroatoms. The molecule has 1 N–H and O–H groups in total. The molecule has 0 heterocycles. The normalized spacial score (nSPS) is 11.0. The summed E-state index contributed by atoms with van der Waals surface area (Å²) < 4.78 is 36.1. The highest BCUT2D eigenvalue weighted by Crippen LogP contribution is 2.15. The predicted molar refractivity (Wildman–Crippen MR) is 77.3 cm³/mol. The Labute approximate surface area is 132 Å². The van der Waals surface area contributed by atoms with Gasteiger partial charge in [0.05, 0.1) is 6.54 Å². The van der Waals surface area contributed by atoms with Crippen LogP contribution in [0.3, 0.4) is 0 Å². The average molecular weight is 331 g/mol. The van der Waals surface area contributed by atoms with Crippen molar-refractivity contribution >= 4 is 12.1 Å². The van der Waals surface area contributed by atoms with E-state index in [1.165, 1.54) is 6.07 Å². The van der Waals surface area contributed by atoms with Crippen LogP contribution in [-0.2, 0) is 9.53 Å². The number of aliphatic carboxylic acids is 1. The molecule has 1 aromatic carbocycles. The molecule has 1 aromatic rings. The highest BCUT2D eigenvalue weighted by atomic mass is 19.2. The van der Waals surface area contributed by atoms with Gasteiger partial charge >= 0.3 is 12.1 Å². The van der Waals surface area contributed by atoms with E-state index in [0.29, 0.717) is 0 Å². The number of hydrogen-bond donors (Lipinski definition) is 1. The SMILES string of the molecule is CC(C)(C)OC(=O)N(CCOc1ccc(F)c(F)c1)CC(=O)O. The van der Waals surface area contributed by atoms with Gasteiger partial charge in [-0.1, -0.05) is 0 Å². The van der Waals surface area contributed by atoms with Gasteiger partial charge in [0.1, 0.15) is 24.5 Å². The smallest absolute Gasteiger partial charge is 0.410 e. The van der Waals surface area contributed by atoms with E-state index in [-0.39, 0.29) is 18.9 Å². The van der Waals surface area contributed by atoms with Crippen LogP contribution in [0, 0.1) is 11.6 Å². The standard InChI is InChI=1S/C15H19F2NO5/c1-15(2,3)23-14(21)18(9-13(19)20)6-7-22-10-4-5-11(16)12(17)8-10/h4-5,8H,6-7,9H2,1-3H3,(H,19,20). The van der Waals surface area contributed by atoms with Crippen LogP contribution in [0.15, 0.2) is 18.2 Å². The van der Waals surface area contributed by atoms with Gasteiger partial charge in [-0.3, -0.25) is 9.69 Å². The van der Waals surface area contributed by atoms with Crippen LogP contribution < -0.4 is 4.74 Å². The molecule has 0 saturated carbocycles. The fraction of sp³-hybridized carbons (Fsp3) is 0.467. The summed E-state index contributed by atoms with van der Waals surface area (Å²) in [6.45, 7) is 4.22. The quantitative estimate of drug-likeness (QED) is 0.867. The highest BCUT2D eigenvalue weighted by molar-refractivity contribution is 5.76. The largest absolute Gasteiger partial charge is 0.492 e. The van der Waals surface area contributed by atoms with Crippen molar-refractivity contribution in [2.45, 2.75) is 26.4 Å². The summed E-state index contributed by atoms with van der Waals surface area (Å²) in [5, 5.41) is 8.83. The van der Waals surface area contributed by atoms with Crippen LogP contribution in [0.25, 0.3) is 0 Å². The Kier molecular flexibility index (Phi) is 6.29. The van der Waals surface area contributed by atoms with Gasteiger partial charge in [-0.2, -0.15) is 0 Å². The summed E-state index contributed by atoms with van der Waals surface area (Å²) in [4.78, 5) is 23.7. The summed E-state index contributed by atoms with van der Waals surface area (Å²) in [6.07, 6.45) is -0.797. The molecule has 0 aromatic heterocycles. The Morgan fingerprint density at radius 1 is 1.22 bits per heavy atom. The van der Waals surface area contributed by atoms with E-state index in [2.05, 4.69) is 0 Å². The van der Waals surface area contributed by atoms with Crippen molar-refractivity contribution in [1.82, 2.24) is 4.90 Å². The maximum Gasteiger partial charge on any atom is 0.410 e. The third kappa shape index (κ3) is 6.94. The second kappa shape index (κ2) is 7.75. The van der Waals surface area contributed by atoms with E-state index in [1.807, 2.05) is 0 Å². The molecule has 0 aliphatic rings. The molecule has 0 spiro atoms. The average Bonchev–Trinajstić information content (AvgIpc) is 2.39. The zero-order valence-electron chi connectivity index (χ0n) is 13.1. The molecule has 6 nitrogen and oxygen atoms in total. The van der Waals surface area contributed by atoms with Crippen LogP contribution >= 0.6 is 0 Å². The number of amides is 1. The second-order valence-electron chi connectivity index (χ2n) is 5.72. The van der Waals surface area contributed by atoms with Crippen LogP contribution in [0.1, 0.15) is 20.8 Å². The molecule has 128 valence electrons. The Balaban J connectivity index is 2.61. The Bertz CT molecular complexity index is 571. The number of benzene rings is 1. The van der Waals surface area contributed by atoms with E-state index < -0.39 is 35.8 Å². The lowest BCUT2D eigenvalue weighted by molar-refractivity contribution is -0.138. The first kappa shape index (κ1) is 18.7. The molecule has 0 aliphatic heterocycles. The van der Waals surface area contributed by atoms with Gasteiger partial charge in [-0.15, -0.1) is 0 Å². The van der Waals surface area contributed by atoms with Crippen molar-refractivity contribution in [2.24, 2.45) is 0 Å². The number of hydrogen-bond acceptors (Lipinski definition) is 4. The van der Waals surface area contributed by atoms with Crippen molar-refractivity contribution in [2.75, 3.05) is 19.7 Å². The summed E-state index contributed by atoms with van der Waals surface area (Å²) in [5.41, 5.74) is -0.769. The summed E-state index contributed by atoms with van der Waals surface area (Å²) >= 11 is 0. The Morgan fingerprint density at radius 3 is 2.39 bits per heavy atom. The predicted octanol–water partition coefficient (Wildman–Crippen LogP) is 2.67. The fourth-order valence-corrected chi connectivity index (χ4v) is 1.56. The molecule has 0 bridgehead atoms. The molecule has 0 radical (unpaired) electrons. The van der Waals surface area contributed by atoms with E-state index in [1.54, 1.807) is 20.8 Å². The first-order valence-electron chi connectivity index (χ1n) is 6.86. The molecule has 23 heavy (non-hydrogen) atoms. The maximum atomic E-state index is 13.0. The topological polar surface area (TPSA) is 76.1 Å². The molecule has 0 unspecified atom stereocenters. The number of ether oxygens (including phenoxy) is 2. The number of halogens is 2. The molecule has 0 aliphatic carbocycles. The summed E-state index contributed by atoms with van der Waals surface area (Å²) in [7, 11) is 0. The van der Waals surface area contributed by atoms with Crippen molar-refractivity contribution in [3.8, 4) is 5.75 Å². The van der Waals surface area contributed by atoms with Crippen LogP contribution in [0.4, 0.5) is 13.6 Å². The zero-order chi connectivity index (χ0) is 17.6. The van der Waals surface area contributed by atoms with Crippen molar-refractivity contribution in [1.29, 1.82) is 0 Å². The Morgan fingerprint density at radius 2 is 1.87 bits per heavy atom. The number of rotatable bonds is 6. The van der Waals surface area contributed by atoms with Gasteiger partial charge < -0.3 is 14.6 Å². The van der Waals surface area contributed by atoms with Crippen LogP contribution in [0.5, 0.6) is 5.75 Å². The van der Waals surface area contributed by atoms with Gasteiger partial charge in [0.2, 0.25) is 0 Å². The number of carbonyl (C=O) groups is 2. The van der Waals surface area contributed by atoms with Gasteiger partial charge in [0.25, 0.3) is 0 Å². The second-order valence-corrected chi connectivity index (χ2v) is 5.72. The van der Waals surface area contributed by atoms with Gasteiger partial charge in [0, 0.05) is 6.07 Å². The lowest BCUT2D eigenvalue weighted by atomic mass is 10.2. The molecular weight excluding hydrogens is 312 g/mol. The summed E-state index contributed by atoms with van der Waals surface area (Å²) in [5.74, 6) is -3.19. The fourth-order valence-electron chi connectivity index (χ4n) is 1.56. The molecule has 1 amide bonds. The molecule has 1 rings (SSSR count). The molecular formula is C15H19F2NO5. The van der Waals surface area contributed by atoms with Crippen molar-refractivity contribution < 1.29 is 33.0 Å². The van der Waals surface area contributed by atoms with E-state index in [4.69, 9.17) is 14.6 Å². The number of carboxylic acid groups (broad SMARTS) is 1. The van der Waals surface area contributed by atoms with Gasteiger partial charge in [-0.25, -0.2) is 13.6 Å². The monoisotopic (exact) mass is 331 g/mol. The minimum absolute atomic E-state index is 0.0726. The Hall–Kier alpha value is -2.38. The van der Waals surface area contributed by atoms with E-state index in [9.17, 15) is 18.4 Å². The van der Waals surface area contributed by atoms with Crippen molar-refractivity contribution in [3.05, 3.63) is 29.8 Å². The van der Waals surface area contributed by atoms with Gasteiger partial charge in [-0.05, 0) is 32.9 Å². The van der Waals surface area contributed by atoms with Crippen LogP contribution in [0.2, 0.25) is 0 Å². The zero-order valence-corrected chi connectivity index (χ0v) is 13.1.